The number of carbonyl (C=O) groups excluding carboxylic acids is 1. The van der Waals surface area contributed by atoms with Gasteiger partial charge in [0.1, 0.15) is 0 Å². The molecule has 0 saturated carbocycles. The quantitative estimate of drug-likeness (QED) is 0.670. The lowest BCUT2D eigenvalue weighted by Gasteiger charge is -2.03. The molecular weight excluding hydrogens is 220 g/mol. The van der Waals surface area contributed by atoms with E-state index in [1.807, 2.05) is 0 Å². The molecule has 0 heterocycles. The molecule has 0 aliphatic carbocycles. The van der Waals surface area contributed by atoms with Crippen molar-refractivity contribution < 1.29 is 13.2 Å². The average Bonchev–Trinajstić information content (AvgIpc) is 1.86. The number of ketones is 1. The van der Waals surface area contributed by atoms with Gasteiger partial charge < -0.3 is 0 Å². The Morgan fingerprint density at radius 2 is 2.00 bits per heavy atom. The van der Waals surface area contributed by atoms with Gasteiger partial charge in [-0.25, -0.2) is 8.42 Å². The minimum atomic E-state index is -3.23. The summed E-state index contributed by atoms with van der Waals surface area (Å²) in [4.78, 5) is 10.5. The minimum absolute atomic E-state index is 0.0114. The fraction of sp³-hybridized carbons (Fsp3) is 0.800. The molecule has 0 bridgehead atoms. The van der Waals surface area contributed by atoms with Crippen LogP contribution in [0.3, 0.4) is 0 Å². The van der Waals surface area contributed by atoms with E-state index < -0.39 is 14.0 Å². The summed E-state index contributed by atoms with van der Waals surface area (Å²) in [6.45, 7) is 2.75. The van der Waals surface area contributed by atoms with Crippen LogP contribution in [-0.2, 0) is 14.6 Å². The molecule has 0 aromatic heterocycles. The van der Waals surface area contributed by atoms with Gasteiger partial charge in [-0.3, -0.25) is 4.79 Å². The highest BCUT2D eigenvalue weighted by Crippen LogP contribution is 2.10. The predicted molar refractivity (Wildman–Crippen MR) is 42.9 cm³/mol. The van der Waals surface area contributed by atoms with Crippen LogP contribution in [0.1, 0.15) is 13.8 Å². The number of sulfone groups is 1. The Morgan fingerprint density at radius 1 is 1.60 bits per heavy atom. The van der Waals surface area contributed by atoms with E-state index in [1.54, 1.807) is 0 Å². The number of Topliss-reactive ketones (excluding diaryl/α,β-unsaturated/α-hetero) is 1. The maximum atomic E-state index is 10.9. The molecule has 3 nitrogen and oxygen atoms in total. The van der Waals surface area contributed by atoms with Crippen LogP contribution in [0.5, 0.6) is 0 Å². The fourth-order valence-corrected chi connectivity index (χ4v) is 1.99. The first-order chi connectivity index (χ1) is 4.41. The van der Waals surface area contributed by atoms with Crippen LogP contribution in [0.2, 0.25) is 0 Å². The highest BCUT2D eigenvalue weighted by molar-refractivity contribution is 9.11. The standard InChI is InChI=1S/C5H9BrO3S/c1-3-10(8,9)5(6)4(2)7/h5H,3H2,1-2H3. The Morgan fingerprint density at radius 3 is 2.10 bits per heavy atom. The molecule has 0 saturated heterocycles. The van der Waals surface area contributed by atoms with Gasteiger partial charge in [0.2, 0.25) is 0 Å². The molecule has 0 N–H and O–H groups in total. The summed E-state index contributed by atoms with van der Waals surface area (Å²) in [5.74, 6) is -0.385. The van der Waals surface area contributed by atoms with Gasteiger partial charge in [0.05, 0.1) is 0 Å². The summed E-state index contributed by atoms with van der Waals surface area (Å²) in [6, 6.07) is 0. The van der Waals surface area contributed by atoms with E-state index in [2.05, 4.69) is 15.9 Å². The Balaban J connectivity index is 4.51. The Labute approximate surface area is 68.9 Å². The number of hydrogen-bond acceptors (Lipinski definition) is 3. The number of carbonyl (C=O) groups is 1. The number of hydrogen-bond donors (Lipinski definition) is 0. The molecule has 5 heteroatoms. The second kappa shape index (κ2) is 3.48. The van der Waals surface area contributed by atoms with Crippen LogP contribution in [0.15, 0.2) is 0 Å². The van der Waals surface area contributed by atoms with Crippen LogP contribution in [0.25, 0.3) is 0 Å². The number of rotatable bonds is 3. The largest absolute Gasteiger partial charge is 0.298 e. The van der Waals surface area contributed by atoms with Crippen molar-refractivity contribution in [1.82, 2.24) is 0 Å². The lowest BCUT2D eigenvalue weighted by molar-refractivity contribution is -0.115. The van der Waals surface area contributed by atoms with Gasteiger partial charge in [0.15, 0.2) is 19.8 Å². The molecular formula is C5H9BrO3S. The van der Waals surface area contributed by atoms with E-state index in [0.717, 1.165) is 0 Å². The van der Waals surface area contributed by atoms with Crippen LogP contribution < -0.4 is 0 Å². The molecule has 10 heavy (non-hydrogen) atoms. The third kappa shape index (κ3) is 2.38. The molecule has 60 valence electrons. The third-order valence-electron chi connectivity index (χ3n) is 1.04. The average molecular weight is 229 g/mol. The molecule has 0 aromatic carbocycles. The Bertz CT molecular complexity index is 219. The number of alkyl halides is 1. The minimum Gasteiger partial charge on any atom is -0.298 e. The van der Waals surface area contributed by atoms with Gasteiger partial charge in [-0.05, 0) is 6.92 Å². The first-order valence-corrected chi connectivity index (χ1v) is 5.41. The van der Waals surface area contributed by atoms with Gasteiger partial charge in [0.25, 0.3) is 0 Å². The molecule has 0 aromatic rings. The van der Waals surface area contributed by atoms with Crippen molar-refractivity contribution in [1.29, 1.82) is 0 Å². The fourth-order valence-electron chi connectivity index (χ4n) is 0.399. The lowest BCUT2D eigenvalue weighted by atomic mass is 10.5. The van der Waals surface area contributed by atoms with Crippen molar-refractivity contribution in [3.8, 4) is 0 Å². The van der Waals surface area contributed by atoms with Gasteiger partial charge in [-0.15, -0.1) is 0 Å². The summed E-state index contributed by atoms with van der Waals surface area (Å²) in [7, 11) is -3.23. The molecule has 0 aliphatic heterocycles. The molecule has 0 radical (unpaired) electrons. The first-order valence-electron chi connectivity index (χ1n) is 2.78. The molecule has 1 unspecified atom stereocenters. The van der Waals surface area contributed by atoms with Crippen molar-refractivity contribution in [2.45, 2.75) is 18.0 Å². The third-order valence-corrected chi connectivity index (χ3v) is 5.16. The SMILES string of the molecule is CCS(=O)(=O)C(Br)C(C)=O. The Hall–Kier alpha value is 0.1000. The van der Waals surface area contributed by atoms with Crippen molar-refractivity contribution in [2.75, 3.05) is 5.75 Å². The smallest absolute Gasteiger partial charge is 0.174 e. The van der Waals surface area contributed by atoms with Gasteiger partial charge in [-0.1, -0.05) is 22.9 Å². The van der Waals surface area contributed by atoms with Crippen molar-refractivity contribution in [3.05, 3.63) is 0 Å². The van der Waals surface area contributed by atoms with Gasteiger partial charge in [-0.2, -0.15) is 0 Å². The van der Waals surface area contributed by atoms with Crippen LogP contribution in [0.4, 0.5) is 0 Å². The molecule has 1 atom stereocenters. The van der Waals surface area contributed by atoms with Crippen molar-refractivity contribution in [3.63, 3.8) is 0 Å². The van der Waals surface area contributed by atoms with E-state index in [9.17, 15) is 13.2 Å². The molecule has 0 fully saturated rings. The van der Waals surface area contributed by atoms with Crippen LogP contribution >= 0.6 is 15.9 Å². The summed E-state index contributed by atoms with van der Waals surface area (Å²) >= 11 is 2.79. The van der Waals surface area contributed by atoms with E-state index in [4.69, 9.17) is 0 Å². The van der Waals surface area contributed by atoms with Crippen molar-refractivity contribution in [2.24, 2.45) is 0 Å². The van der Waals surface area contributed by atoms with E-state index in [1.165, 1.54) is 13.8 Å². The molecule has 0 amide bonds. The summed E-state index contributed by atoms with van der Waals surface area (Å²) in [5.41, 5.74) is 0. The topological polar surface area (TPSA) is 51.2 Å². The van der Waals surface area contributed by atoms with Crippen LogP contribution in [0, 0.1) is 0 Å². The summed E-state index contributed by atoms with van der Waals surface area (Å²) in [5, 5.41) is 0. The monoisotopic (exact) mass is 228 g/mol. The van der Waals surface area contributed by atoms with Gasteiger partial charge in [0, 0.05) is 5.75 Å². The van der Waals surface area contributed by atoms with E-state index in [-0.39, 0.29) is 11.5 Å². The normalized spacial score (nSPS) is 14.7. The predicted octanol–water partition coefficient (Wildman–Crippen LogP) is 0.731. The molecule has 0 aliphatic rings. The zero-order valence-electron chi connectivity index (χ0n) is 5.80. The maximum absolute atomic E-state index is 10.9. The zero-order valence-corrected chi connectivity index (χ0v) is 8.20. The van der Waals surface area contributed by atoms with Crippen LogP contribution in [-0.4, -0.2) is 24.1 Å². The van der Waals surface area contributed by atoms with E-state index >= 15 is 0 Å². The van der Waals surface area contributed by atoms with Crippen molar-refractivity contribution >= 4 is 31.6 Å². The lowest BCUT2D eigenvalue weighted by Crippen LogP contribution is -2.23. The molecule has 0 spiro atoms. The summed E-state index contributed by atoms with van der Waals surface area (Å²) < 4.78 is 20.7. The second-order valence-electron chi connectivity index (χ2n) is 1.88. The first kappa shape index (κ1) is 10.1. The summed E-state index contributed by atoms with van der Waals surface area (Å²) in [6.07, 6.45) is 0. The number of halogens is 1. The Kier molecular flexibility index (Phi) is 3.51. The highest BCUT2D eigenvalue weighted by atomic mass is 79.9. The maximum Gasteiger partial charge on any atom is 0.174 e. The molecule has 0 rings (SSSR count). The van der Waals surface area contributed by atoms with E-state index in [0.29, 0.717) is 0 Å². The highest BCUT2D eigenvalue weighted by Gasteiger charge is 2.24. The second-order valence-corrected chi connectivity index (χ2v) is 5.77. The zero-order chi connectivity index (χ0) is 8.36. The van der Waals surface area contributed by atoms with Gasteiger partial charge >= 0.3 is 0 Å².